The van der Waals surface area contributed by atoms with E-state index in [0.717, 1.165) is 24.3 Å². The molecule has 0 unspecified atom stereocenters. The second-order valence-electron chi connectivity index (χ2n) is 5.89. The van der Waals surface area contributed by atoms with Gasteiger partial charge in [0.05, 0.1) is 17.0 Å². The zero-order valence-corrected chi connectivity index (χ0v) is 15.6. The summed E-state index contributed by atoms with van der Waals surface area (Å²) in [4.78, 5) is 22.5. The minimum absolute atomic E-state index is 0.0240. The summed E-state index contributed by atoms with van der Waals surface area (Å²) >= 11 is 0. The van der Waals surface area contributed by atoms with Crippen molar-refractivity contribution in [1.29, 1.82) is 0 Å². The average Bonchev–Trinajstić information content (AvgIpc) is 2.63. The van der Waals surface area contributed by atoms with Gasteiger partial charge < -0.3 is 11.1 Å². The fourth-order valence-corrected chi connectivity index (χ4v) is 3.26. The molecule has 0 radical (unpaired) electrons. The molecule has 0 saturated carbocycles. The number of rotatable bonds is 6. The summed E-state index contributed by atoms with van der Waals surface area (Å²) in [5, 5.41) is 2.21. The molecule has 29 heavy (non-hydrogen) atoms. The lowest BCUT2D eigenvalue weighted by Crippen LogP contribution is -2.33. The number of hydrogen-bond acceptors (Lipinski definition) is 4. The van der Waals surface area contributed by atoms with Crippen LogP contribution in [0.5, 0.6) is 0 Å². The van der Waals surface area contributed by atoms with Gasteiger partial charge in [-0.2, -0.15) is 13.2 Å². The number of carbonyl (C=O) groups is 2. The number of nitrogens with two attached hydrogens (primary N) is 1. The highest BCUT2D eigenvalue weighted by molar-refractivity contribution is 7.89. The Balaban J connectivity index is 2.14. The van der Waals surface area contributed by atoms with E-state index in [-0.39, 0.29) is 16.8 Å². The van der Waals surface area contributed by atoms with Crippen LogP contribution in [0.4, 0.5) is 23.2 Å². The molecular formula is C17H15F4N3O4S. The van der Waals surface area contributed by atoms with E-state index in [0.29, 0.717) is 12.1 Å². The summed E-state index contributed by atoms with van der Waals surface area (Å²) < 4.78 is 78.2. The molecule has 0 aliphatic heterocycles. The summed E-state index contributed by atoms with van der Waals surface area (Å²) in [6.07, 6.45) is -4.74. The van der Waals surface area contributed by atoms with Crippen LogP contribution in [-0.2, 0) is 21.0 Å². The third-order valence-electron chi connectivity index (χ3n) is 3.80. The number of amides is 2. The lowest BCUT2D eigenvalue weighted by Gasteiger charge is -2.12. The zero-order chi connectivity index (χ0) is 22.0. The number of anilines is 1. The maximum atomic E-state index is 13.8. The molecule has 7 nitrogen and oxygen atoms in total. The van der Waals surface area contributed by atoms with E-state index >= 15 is 0 Å². The van der Waals surface area contributed by atoms with Crippen LogP contribution in [0.1, 0.15) is 21.5 Å². The van der Waals surface area contributed by atoms with Gasteiger partial charge >= 0.3 is 6.18 Å². The molecule has 0 aliphatic carbocycles. The van der Waals surface area contributed by atoms with E-state index < -0.39 is 50.8 Å². The van der Waals surface area contributed by atoms with Crippen LogP contribution in [-0.4, -0.2) is 26.8 Å². The van der Waals surface area contributed by atoms with E-state index in [1.807, 2.05) is 4.72 Å². The lowest BCUT2D eigenvalue weighted by molar-refractivity contribution is -0.137. The zero-order valence-electron chi connectivity index (χ0n) is 14.8. The number of benzene rings is 2. The van der Waals surface area contributed by atoms with Gasteiger partial charge in [0.25, 0.3) is 0 Å². The lowest BCUT2D eigenvalue weighted by atomic mass is 10.1. The van der Waals surface area contributed by atoms with Crippen LogP contribution in [0.15, 0.2) is 41.3 Å². The maximum Gasteiger partial charge on any atom is 0.416 e. The molecule has 2 aromatic carbocycles. The van der Waals surface area contributed by atoms with Gasteiger partial charge in [-0.05, 0) is 37.3 Å². The molecule has 0 aromatic heterocycles. The normalized spacial score (nSPS) is 11.9. The third kappa shape index (κ3) is 5.51. The Bertz CT molecular complexity index is 1070. The Morgan fingerprint density at radius 3 is 2.38 bits per heavy atom. The van der Waals surface area contributed by atoms with Gasteiger partial charge in [-0.25, -0.2) is 17.5 Å². The first kappa shape index (κ1) is 22.3. The first-order valence-electron chi connectivity index (χ1n) is 7.88. The molecule has 2 aromatic rings. The van der Waals surface area contributed by atoms with Crippen molar-refractivity contribution < 1.29 is 35.6 Å². The van der Waals surface area contributed by atoms with Gasteiger partial charge in [0, 0.05) is 16.8 Å². The fraction of sp³-hybridized carbons (Fsp3) is 0.176. The van der Waals surface area contributed by atoms with Gasteiger partial charge in [-0.15, -0.1) is 0 Å². The highest BCUT2D eigenvalue weighted by Crippen LogP contribution is 2.30. The first-order chi connectivity index (χ1) is 13.3. The monoisotopic (exact) mass is 433 g/mol. The number of hydrogen-bond donors (Lipinski definition) is 3. The van der Waals surface area contributed by atoms with E-state index in [4.69, 9.17) is 5.73 Å². The average molecular weight is 433 g/mol. The standard InChI is InChI=1S/C17H15F4N3O4S/c1-9-13(18)5-10(16(22)26)6-14(9)24-15(25)8-23-29(27,28)12-4-2-3-11(7-12)17(19,20)21/h2-7,23H,8H2,1H3,(H2,22,26)(H,24,25). The minimum atomic E-state index is -4.74. The van der Waals surface area contributed by atoms with Crippen molar-refractivity contribution in [3.8, 4) is 0 Å². The summed E-state index contributed by atoms with van der Waals surface area (Å²) in [7, 11) is -4.43. The van der Waals surface area contributed by atoms with E-state index in [9.17, 15) is 35.6 Å². The number of primary amides is 1. The van der Waals surface area contributed by atoms with E-state index in [1.54, 1.807) is 0 Å². The Morgan fingerprint density at radius 1 is 1.14 bits per heavy atom. The maximum absolute atomic E-state index is 13.8. The molecule has 12 heteroatoms. The molecular weight excluding hydrogens is 418 g/mol. The Hall–Kier alpha value is -2.99. The van der Waals surface area contributed by atoms with Crippen molar-refractivity contribution in [1.82, 2.24) is 4.72 Å². The van der Waals surface area contributed by atoms with Crippen LogP contribution in [0.25, 0.3) is 0 Å². The van der Waals surface area contributed by atoms with Gasteiger partial charge in [-0.3, -0.25) is 9.59 Å². The van der Waals surface area contributed by atoms with Crippen molar-refractivity contribution >= 4 is 27.5 Å². The summed E-state index contributed by atoms with van der Waals surface area (Å²) in [6.45, 7) is 0.461. The molecule has 0 spiro atoms. The largest absolute Gasteiger partial charge is 0.416 e. The molecule has 2 amide bonds. The summed E-state index contributed by atoms with van der Waals surface area (Å²) in [6, 6.07) is 4.97. The van der Waals surface area contributed by atoms with Crippen molar-refractivity contribution in [2.75, 3.05) is 11.9 Å². The predicted octanol–water partition coefficient (Wildman–Crippen LogP) is 2.17. The molecule has 0 fully saturated rings. The van der Waals surface area contributed by atoms with Crippen molar-refractivity contribution in [2.24, 2.45) is 5.73 Å². The number of halogens is 4. The van der Waals surface area contributed by atoms with Crippen LogP contribution < -0.4 is 15.8 Å². The second kappa shape index (κ2) is 8.17. The first-order valence-corrected chi connectivity index (χ1v) is 9.36. The number of carbonyl (C=O) groups excluding carboxylic acids is 2. The van der Waals surface area contributed by atoms with Crippen LogP contribution in [0.3, 0.4) is 0 Å². The SMILES string of the molecule is Cc1c(F)cc(C(N)=O)cc1NC(=O)CNS(=O)(=O)c1cccc(C(F)(F)F)c1. The number of nitrogens with one attached hydrogen (secondary N) is 2. The molecule has 0 bridgehead atoms. The highest BCUT2D eigenvalue weighted by Gasteiger charge is 2.31. The Morgan fingerprint density at radius 2 is 1.79 bits per heavy atom. The minimum Gasteiger partial charge on any atom is -0.366 e. The van der Waals surface area contributed by atoms with Crippen molar-refractivity contribution in [2.45, 2.75) is 18.0 Å². The summed E-state index contributed by atoms with van der Waals surface area (Å²) in [5.41, 5.74) is 3.55. The number of sulfonamides is 1. The van der Waals surface area contributed by atoms with E-state index in [2.05, 4.69) is 5.32 Å². The molecule has 0 saturated heterocycles. The smallest absolute Gasteiger partial charge is 0.366 e. The molecule has 0 aliphatic rings. The quantitative estimate of drug-likeness (QED) is 0.605. The van der Waals surface area contributed by atoms with Gasteiger partial charge in [-0.1, -0.05) is 6.07 Å². The molecule has 156 valence electrons. The van der Waals surface area contributed by atoms with Gasteiger partial charge in [0.2, 0.25) is 21.8 Å². The fourth-order valence-electron chi connectivity index (χ4n) is 2.23. The van der Waals surface area contributed by atoms with E-state index in [1.165, 1.54) is 6.92 Å². The molecule has 0 heterocycles. The predicted molar refractivity (Wildman–Crippen MR) is 94.9 cm³/mol. The van der Waals surface area contributed by atoms with Gasteiger partial charge in [0.15, 0.2) is 0 Å². The topological polar surface area (TPSA) is 118 Å². The molecule has 0 atom stereocenters. The number of alkyl halides is 3. The molecule has 2 rings (SSSR count). The van der Waals surface area contributed by atoms with Crippen molar-refractivity contribution in [3.63, 3.8) is 0 Å². The van der Waals surface area contributed by atoms with Gasteiger partial charge in [0.1, 0.15) is 5.82 Å². The third-order valence-corrected chi connectivity index (χ3v) is 5.20. The second-order valence-corrected chi connectivity index (χ2v) is 7.66. The molecule has 4 N–H and O–H groups in total. The van der Waals surface area contributed by atoms with Crippen molar-refractivity contribution in [3.05, 3.63) is 58.9 Å². The van der Waals surface area contributed by atoms with Crippen LogP contribution in [0, 0.1) is 12.7 Å². The summed E-state index contributed by atoms with van der Waals surface area (Å²) in [5.74, 6) is -2.70. The van der Waals surface area contributed by atoms with Crippen LogP contribution >= 0.6 is 0 Å². The van der Waals surface area contributed by atoms with Crippen LogP contribution in [0.2, 0.25) is 0 Å². The Kier molecular flexibility index (Phi) is 6.28. The highest BCUT2D eigenvalue weighted by atomic mass is 32.2. The Labute approximate surface area is 162 Å².